The molecule has 0 heterocycles. The molecule has 2 atom stereocenters. The number of benzene rings is 1. The highest BCUT2D eigenvalue weighted by Crippen LogP contribution is 2.37. The van der Waals surface area contributed by atoms with E-state index in [-0.39, 0.29) is 6.04 Å². The Balaban J connectivity index is 1.97. The van der Waals surface area contributed by atoms with Crippen molar-refractivity contribution < 1.29 is 9.90 Å². The Hall–Kier alpha value is -1.77. The Kier molecular flexibility index (Phi) is 2.95. The van der Waals surface area contributed by atoms with Crippen LogP contribution in [0.5, 0.6) is 0 Å². The second-order valence-electron chi connectivity index (χ2n) is 4.20. The van der Waals surface area contributed by atoms with Crippen molar-refractivity contribution in [3.05, 3.63) is 41.5 Å². The predicted octanol–water partition coefficient (Wildman–Crippen LogP) is 2.75. The van der Waals surface area contributed by atoms with Gasteiger partial charge in [0.25, 0.3) is 0 Å². The van der Waals surface area contributed by atoms with Crippen LogP contribution in [0.3, 0.4) is 0 Å². The van der Waals surface area contributed by atoms with Crippen LogP contribution >= 0.6 is 0 Å². The van der Waals surface area contributed by atoms with E-state index in [0.29, 0.717) is 5.92 Å². The van der Waals surface area contributed by atoms with E-state index < -0.39 is 6.09 Å². The summed E-state index contributed by atoms with van der Waals surface area (Å²) in [5, 5.41) is 11.1. The summed E-state index contributed by atoms with van der Waals surface area (Å²) >= 11 is 0. The van der Waals surface area contributed by atoms with E-state index >= 15 is 0 Å². The van der Waals surface area contributed by atoms with Gasteiger partial charge in [-0.1, -0.05) is 42.0 Å². The van der Waals surface area contributed by atoms with Crippen molar-refractivity contribution in [1.82, 2.24) is 5.32 Å². The first-order chi connectivity index (χ1) is 7.66. The van der Waals surface area contributed by atoms with Gasteiger partial charge in [0, 0.05) is 12.0 Å². The zero-order chi connectivity index (χ0) is 11.5. The molecular weight excluding hydrogens is 202 g/mol. The first-order valence-corrected chi connectivity index (χ1v) is 5.39. The highest BCUT2D eigenvalue weighted by Gasteiger charge is 2.39. The van der Waals surface area contributed by atoms with Crippen LogP contribution in [0.1, 0.15) is 18.9 Å². The fourth-order valence-corrected chi connectivity index (χ4v) is 1.94. The maximum atomic E-state index is 10.4. The standard InChI is InChI=1S/C13H15NO2/c1-9(7-10-5-3-2-4-6-10)11-8-12(11)14-13(15)16/h2-7,11-12,14H,8H2,1H3,(H,15,16). The second kappa shape index (κ2) is 4.39. The molecule has 0 radical (unpaired) electrons. The van der Waals surface area contributed by atoms with Gasteiger partial charge in [0.1, 0.15) is 0 Å². The van der Waals surface area contributed by atoms with Gasteiger partial charge >= 0.3 is 6.09 Å². The number of carboxylic acid groups (broad SMARTS) is 1. The highest BCUT2D eigenvalue weighted by molar-refractivity contribution is 5.66. The van der Waals surface area contributed by atoms with Gasteiger partial charge in [-0.3, -0.25) is 0 Å². The summed E-state index contributed by atoms with van der Waals surface area (Å²) in [6.07, 6.45) is 2.11. The maximum absolute atomic E-state index is 10.4. The molecule has 1 aromatic rings. The average molecular weight is 217 g/mol. The predicted molar refractivity (Wildman–Crippen MR) is 63.1 cm³/mol. The quantitative estimate of drug-likeness (QED) is 0.817. The van der Waals surface area contributed by atoms with E-state index in [2.05, 4.69) is 18.3 Å². The first kappa shape index (κ1) is 10.7. The van der Waals surface area contributed by atoms with Crippen molar-refractivity contribution in [2.24, 2.45) is 5.92 Å². The Labute approximate surface area is 94.8 Å². The van der Waals surface area contributed by atoms with Gasteiger partial charge in [-0.25, -0.2) is 4.79 Å². The fourth-order valence-electron chi connectivity index (χ4n) is 1.94. The molecule has 1 aliphatic carbocycles. The number of hydrogen-bond donors (Lipinski definition) is 2. The minimum atomic E-state index is -0.931. The molecule has 0 aliphatic heterocycles. The van der Waals surface area contributed by atoms with E-state index in [1.54, 1.807) is 0 Å². The Morgan fingerprint density at radius 1 is 1.44 bits per heavy atom. The van der Waals surface area contributed by atoms with Crippen LogP contribution in [0, 0.1) is 5.92 Å². The molecule has 0 aromatic heterocycles. The number of amides is 1. The summed E-state index contributed by atoms with van der Waals surface area (Å²) < 4.78 is 0. The molecule has 2 rings (SSSR count). The van der Waals surface area contributed by atoms with Crippen molar-refractivity contribution in [3.63, 3.8) is 0 Å². The van der Waals surface area contributed by atoms with Crippen LogP contribution < -0.4 is 5.32 Å². The summed E-state index contributed by atoms with van der Waals surface area (Å²) in [5.41, 5.74) is 2.41. The molecule has 1 saturated carbocycles. The first-order valence-electron chi connectivity index (χ1n) is 5.39. The normalized spacial score (nSPS) is 23.9. The third-order valence-electron chi connectivity index (χ3n) is 2.88. The topological polar surface area (TPSA) is 49.3 Å². The molecule has 0 saturated heterocycles. The molecule has 1 aromatic carbocycles. The summed E-state index contributed by atoms with van der Waals surface area (Å²) in [6, 6.07) is 10.2. The van der Waals surface area contributed by atoms with Crippen molar-refractivity contribution in [3.8, 4) is 0 Å². The van der Waals surface area contributed by atoms with E-state index in [1.165, 1.54) is 11.1 Å². The van der Waals surface area contributed by atoms with E-state index in [9.17, 15) is 4.79 Å². The van der Waals surface area contributed by atoms with E-state index in [4.69, 9.17) is 5.11 Å². The average Bonchev–Trinajstić information content (AvgIpc) is 2.97. The van der Waals surface area contributed by atoms with Gasteiger partial charge in [0.2, 0.25) is 0 Å². The number of hydrogen-bond acceptors (Lipinski definition) is 1. The summed E-state index contributed by atoms with van der Waals surface area (Å²) in [5.74, 6) is 0.372. The van der Waals surface area contributed by atoms with Crippen LogP contribution in [0.25, 0.3) is 6.08 Å². The van der Waals surface area contributed by atoms with Crippen molar-refractivity contribution in [2.45, 2.75) is 19.4 Å². The molecule has 1 fully saturated rings. The zero-order valence-electron chi connectivity index (χ0n) is 9.18. The smallest absolute Gasteiger partial charge is 0.404 e. The second-order valence-corrected chi connectivity index (χ2v) is 4.20. The lowest BCUT2D eigenvalue weighted by atomic mass is 10.1. The number of carbonyl (C=O) groups is 1. The molecule has 0 bridgehead atoms. The lowest BCUT2D eigenvalue weighted by molar-refractivity contribution is 0.193. The van der Waals surface area contributed by atoms with Crippen LogP contribution in [-0.2, 0) is 0 Å². The molecule has 2 unspecified atom stereocenters. The van der Waals surface area contributed by atoms with Crippen molar-refractivity contribution >= 4 is 12.2 Å². The van der Waals surface area contributed by atoms with Gasteiger partial charge in [0.05, 0.1) is 0 Å². The molecule has 3 nitrogen and oxygen atoms in total. The van der Waals surface area contributed by atoms with Gasteiger partial charge in [0.15, 0.2) is 0 Å². The minimum Gasteiger partial charge on any atom is -0.465 e. The minimum absolute atomic E-state index is 0.109. The molecule has 0 spiro atoms. The maximum Gasteiger partial charge on any atom is 0.404 e. The molecule has 16 heavy (non-hydrogen) atoms. The molecule has 1 aliphatic rings. The third-order valence-corrected chi connectivity index (χ3v) is 2.88. The number of nitrogens with one attached hydrogen (secondary N) is 1. The van der Waals surface area contributed by atoms with Crippen LogP contribution in [0.4, 0.5) is 4.79 Å². The van der Waals surface area contributed by atoms with Gasteiger partial charge in [-0.05, 0) is 18.9 Å². The molecular formula is C13H15NO2. The van der Waals surface area contributed by atoms with Crippen LogP contribution in [-0.4, -0.2) is 17.2 Å². The van der Waals surface area contributed by atoms with E-state index in [0.717, 1.165) is 6.42 Å². The molecule has 84 valence electrons. The Morgan fingerprint density at radius 3 is 2.75 bits per heavy atom. The summed E-state index contributed by atoms with van der Waals surface area (Å²) in [4.78, 5) is 10.4. The van der Waals surface area contributed by atoms with E-state index in [1.807, 2.05) is 30.3 Å². The SMILES string of the molecule is CC(=Cc1ccccc1)C1CC1NC(=O)O. The van der Waals surface area contributed by atoms with Crippen LogP contribution in [0.2, 0.25) is 0 Å². The Morgan fingerprint density at radius 2 is 2.12 bits per heavy atom. The molecule has 1 amide bonds. The monoisotopic (exact) mass is 217 g/mol. The van der Waals surface area contributed by atoms with Gasteiger partial charge in [-0.15, -0.1) is 0 Å². The van der Waals surface area contributed by atoms with Crippen molar-refractivity contribution in [1.29, 1.82) is 0 Å². The summed E-state index contributed by atoms with van der Waals surface area (Å²) in [6.45, 7) is 2.06. The molecule has 2 N–H and O–H groups in total. The summed E-state index contributed by atoms with van der Waals surface area (Å²) in [7, 11) is 0. The lowest BCUT2D eigenvalue weighted by Crippen LogP contribution is -2.24. The third kappa shape index (κ3) is 2.63. The zero-order valence-corrected chi connectivity index (χ0v) is 9.18. The van der Waals surface area contributed by atoms with Crippen LogP contribution in [0.15, 0.2) is 35.9 Å². The molecule has 3 heteroatoms. The largest absolute Gasteiger partial charge is 0.465 e. The van der Waals surface area contributed by atoms with Gasteiger partial charge < -0.3 is 10.4 Å². The van der Waals surface area contributed by atoms with Crippen molar-refractivity contribution in [2.75, 3.05) is 0 Å². The lowest BCUT2D eigenvalue weighted by Gasteiger charge is -2.01. The fraction of sp³-hybridized carbons (Fsp3) is 0.308. The Bertz CT molecular complexity index is 411. The highest BCUT2D eigenvalue weighted by atomic mass is 16.4. The van der Waals surface area contributed by atoms with Gasteiger partial charge in [-0.2, -0.15) is 0 Å². The number of rotatable bonds is 3.